The third kappa shape index (κ3) is 3.85. The third-order valence-corrected chi connectivity index (χ3v) is 6.91. The molecule has 150 valence electrons. The number of ether oxygens (including phenoxy) is 1. The first-order valence-corrected chi connectivity index (χ1v) is 10.6. The maximum absolute atomic E-state index is 14.5. The summed E-state index contributed by atoms with van der Waals surface area (Å²) >= 11 is 0. The first-order valence-electron chi connectivity index (χ1n) is 9.13. The highest BCUT2D eigenvalue weighted by Gasteiger charge is 2.35. The summed E-state index contributed by atoms with van der Waals surface area (Å²) in [5, 5.41) is 5.88. The summed E-state index contributed by atoms with van der Waals surface area (Å²) in [4.78, 5) is 3.77. The molecule has 0 amide bonds. The Hall–Kier alpha value is -2.34. The van der Waals surface area contributed by atoms with E-state index in [1.807, 2.05) is 0 Å². The number of aromatic nitrogens is 5. The van der Waals surface area contributed by atoms with Gasteiger partial charge in [0.15, 0.2) is 10.5 Å². The van der Waals surface area contributed by atoms with Gasteiger partial charge in [0.05, 0.1) is 6.20 Å². The smallest absolute Gasteiger partial charge is 0.250 e. The number of halogens is 1. The second-order valence-electron chi connectivity index (χ2n) is 7.21. The van der Waals surface area contributed by atoms with Crippen LogP contribution in [-0.4, -0.2) is 79.0 Å². The Morgan fingerprint density at radius 2 is 1.93 bits per heavy atom. The van der Waals surface area contributed by atoms with Crippen LogP contribution >= 0.6 is 0 Å². The maximum atomic E-state index is 14.5. The van der Waals surface area contributed by atoms with Crippen molar-refractivity contribution in [1.29, 1.82) is 0 Å². The average molecular weight is 424 g/mol. The molecular formula is C16H16B3FN6O3S. The van der Waals surface area contributed by atoms with Gasteiger partial charge in [-0.25, -0.2) is 27.0 Å². The molecule has 0 bridgehead atoms. The summed E-state index contributed by atoms with van der Waals surface area (Å²) < 4.78 is 49.9. The van der Waals surface area contributed by atoms with Crippen LogP contribution in [-0.2, 0) is 17.1 Å². The Bertz CT molecular complexity index is 1180. The Morgan fingerprint density at radius 3 is 2.60 bits per heavy atom. The standard InChI is InChI=1S/C16H16B3FN6O3S/c1-24-15(29-16(17,18)19)13(7-22-24)30(27,28)25-4-2-10(3-5-25)11-8-26-14(6-12(11)20)21-9-23-26/h6-10H,2-5H2,1H3. The average Bonchev–Trinajstić information content (AvgIpc) is 3.26. The molecule has 0 unspecified atom stereocenters. The number of fused-ring (bicyclic) bond motifs is 1. The number of pyridine rings is 1. The molecule has 0 aromatic carbocycles. The zero-order valence-electron chi connectivity index (χ0n) is 16.1. The lowest BCUT2D eigenvalue weighted by Crippen LogP contribution is -2.40. The van der Waals surface area contributed by atoms with Crippen LogP contribution in [0.1, 0.15) is 24.3 Å². The van der Waals surface area contributed by atoms with Crippen molar-refractivity contribution < 1.29 is 17.5 Å². The number of aryl methyl sites for hydroxylation is 1. The molecule has 30 heavy (non-hydrogen) atoms. The first-order chi connectivity index (χ1) is 14.1. The van der Waals surface area contributed by atoms with Gasteiger partial charge >= 0.3 is 0 Å². The van der Waals surface area contributed by atoms with Gasteiger partial charge in [-0.2, -0.15) is 14.5 Å². The fraction of sp³-hybridized carbons (Fsp3) is 0.438. The van der Waals surface area contributed by atoms with Gasteiger partial charge in [0.25, 0.3) is 0 Å². The maximum Gasteiger partial charge on any atom is 0.250 e. The number of hydrogen-bond donors (Lipinski definition) is 0. The van der Waals surface area contributed by atoms with Gasteiger partial charge in [-0.1, -0.05) is 0 Å². The molecule has 0 spiro atoms. The van der Waals surface area contributed by atoms with E-state index >= 15 is 0 Å². The van der Waals surface area contributed by atoms with Crippen molar-refractivity contribution >= 4 is 39.2 Å². The molecule has 14 heteroatoms. The zero-order valence-corrected chi connectivity index (χ0v) is 17.0. The van der Waals surface area contributed by atoms with Gasteiger partial charge < -0.3 is 4.74 Å². The fourth-order valence-corrected chi connectivity index (χ4v) is 5.11. The monoisotopic (exact) mass is 424 g/mol. The largest absolute Gasteiger partial charge is 0.500 e. The van der Waals surface area contributed by atoms with Crippen LogP contribution in [0.15, 0.2) is 29.7 Å². The van der Waals surface area contributed by atoms with E-state index in [0.29, 0.717) is 24.1 Å². The predicted molar refractivity (Wildman–Crippen MR) is 108 cm³/mol. The van der Waals surface area contributed by atoms with E-state index in [-0.39, 0.29) is 35.6 Å². The SMILES string of the molecule is [B]C([B])([B])Oc1c(S(=O)(=O)N2CCC(c3cn4ncnc4cc3F)CC2)cnn1C. The van der Waals surface area contributed by atoms with Gasteiger partial charge in [0.1, 0.15) is 35.7 Å². The molecule has 0 atom stereocenters. The van der Waals surface area contributed by atoms with Gasteiger partial charge in [0.2, 0.25) is 15.9 Å². The summed E-state index contributed by atoms with van der Waals surface area (Å²) in [6.07, 6.45) is 4.96. The molecule has 1 saturated heterocycles. The summed E-state index contributed by atoms with van der Waals surface area (Å²) in [7, 11) is 13.9. The number of rotatable bonds is 5. The molecule has 4 heterocycles. The van der Waals surface area contributed by atoms with E-state index in [1.165, 1.54) is 32.9 Å². The molecule has 6 radical (unpaired) electrons. The van der Waals surface area contributed by atoms with Crippen LogP contribution < -0.4 is 4.74 Å². The van der Waals surface area contributed by atoms with Crippen LogP contribution in [0.4, 0.5) is 4.39 Å². The minimum atomic E-state index is -3.95. The molecule has 3 aromatic heterocycles. The molecule has 1 aliphatic rings. The van der Waals surface area contributed by atoms with Crippen LogP contribution in [0.3, 0.4) is 0 Å². The van der Waals surface area contributed by atoms with Gasteiger partial charge in [-0.15, -0.1) is 0 Å². The summed E-state index contributed by atoms with van der Waals surface area (Å²) in [5.41, 5.74) is 0.894. The minimum Gasteiger partial charge on any atom is -0.500 e. The third-order valence-electron chi connectivity index (χ3n) is 5.03. The summed E-state index contributed by atoms with van der Waals surface area (Å²) in [6, 6.07) is 1.32. The van der Waals surface area contributed by atoms with Gasteiger partial charge in [-0.3, -0.25) is 0 Å². The van der Waals surface area contributed by atoms with Crippen molar-refractivity contribution in [3.63, 3.8) is 0 Å². The fourth-order valence-electron chi connectivity index (χ4n) is 3.57. The Balaban J connectivity index is 1.54. The molecule has 3 aromatic rings. The number of sulfonamides is 1. The van der Waals surface area contributed by atoms with Crippen LogP contribution in [0.5, 0.6) is 5.88 Å². The molecule has 0 N–H and O–H groups in total. The van der Waals surface area contributed by atoms with Gasteiger partial charge in [0, 0.05) is 38.0 Å². The highest BCUT2D eigenvalue weighted by Crippen LogP contribution is 2.34. The van der Waals surface area contributed by atoms with E-state index < -0.39 is 15.3 Å². The molecule has 4 rings (SSSR count). The Kier molecular flexibility index (Phi) is 5.17. The Labute approximate surface area is 176 Å². The van der Waals surface area contributed by atoms with Crippen LogP contribution in [0, 0.1) is 5.82 Å². The normalized spacial score (nSPS) is 16.9. The first kappa shape index (κ1) is 20.9. The van der Waals surface area contributed by atoms with E-state index in [9.17, 15) is 12.8 Å². The van der Waals surface area contributed by atoms with Crippen molar-refractivity contribution in [3.05, 3.63) is 36.2 Å². The van der Waals surface area contributed by atoms with Crippen molar-refractivity contribution in [2.24, 2.45) is 7.05 Å². The van der Waals surface area contributed by atoms with Crippen molar-refractivity contribution in [2.75, 3.05) is 13.1 Å². The highest BCUT2D eigenvalue weighted by atomic mass is 32.2. The quantitative estimate of drug-likeness (QED) is 0.521. The highest BCUT2D eigenvalue weighted by molar-refractivity contribution is 7.89. The second kappa shape index (κ2) is 7.42. The van der Waals surface area contributed by atoms with Crippen LogP contribution in [0.2, 0.25) is 0 Å². The summed E-state index contributed by atoms with van der Waals surface area (Å²) in [5.74, 6) is -0.698. The zero-order chi connectivity index (χ0) is 21.7. The van der Waals surface area contributed by atoms with Gasteiger partial charge in [-0.05, 0) is 24.1 Å². The van der Waals surface area contributed by atoms with Crippen molar-refractivity contribution in [3.8, 4) is 5.88 Å². The molecular weight excluding hydrogens is 408 g/mol. The molecule has 0 aliphatic carbocycles. The lowest BCUT2D eigenvalue weighted by Gasteiger charge is -2.32. The number of hydrogen-bond acceptors (Lipinski definition) is 6. The molecule has 9 nitrogen and oxygen atoms in total. The lowest BCUT2D eigenvalue weighted by atomic mass is 9.52. The van der Waals surface area contributed by atoms with E-state index in [4.69, 9.17) is 28.3 Å². The lowest BCUT2D eigenvalue weighted by molar-refractivity contribution is 0.278. The number of nitrogens with zero attached hydrogens (tertiary/aromatic N) is 6. The summed E-state index contributed by atoms with van der Waals surface area (Å²) in [6.45, 7) is 0.379. The molecule has 0 saturated carbocycles. The predicted octanol–water partition coefficient (Wildman–Crippen LogP) is -0.334. The van der Waals surface area contributed by atoms with E-state index in [2.05, 4.69) is 15.2 Å². The topological polar surface area (TPSA) is 94.6 Å². The van der Waals surface area contributed by atoms with Crippen molar-refractivity contribution in [2.45, 2.75) is 29.0 Å². The van der Waals surface area contributed by atoms with E-state index in [1.54, 1.807) is 6.20 Å². The van der Waals surface area contributed by atoms with Crippen molar-refractivity contribution in [1.82, 2.24) is 28.7 Å². The minimum absolute atomic E-state index is 0.153. The second-order valence-corrected chi connectivity index (χ2v) is 9.12. The molecule has 1 aliphatic heterocycles. The Morgan fingerprint density at radius 1 is 1.23 bits per heavy atom. The molecule has 1 fully saturated rings. The number of piperidine rings is 1. The van der Waals surface area contributed by atoms with Crippen LogP contribution in [0.25, 0.3) is 5.65 Å². The van der Waals surface area contributed by atoms with E-state index in [0.717, 1.165) is 6.20 Å².